The molecule has 21 atom stereocenters. The number of methoxy groups -OCH3 is 1. The van der Waals surface area contributed by atoms with Gasteiger partial charge in [-0.3, -0.25) is 14.4 Å². The van der Waals surface area contributed by atoms with Crippen LogP contribution in [0.4, 0.5) is 0 Å². The van der Waals surface area contributed by atoms with Crippen LogP contribution >= 0.6 is 0 Å². The molecule has 10 N–H and O–H groups in total. The summed E-state index contributed by atoms with van der Waals surface area (Å²) in [5, 5.41) is 108. The molecule has 444 valence electrons. The molecule has 2 aromatic rings. The number of rotatable bonds is 29. The summed E-state index contributed by atoms with van der Waals surface area (Å²) in [6.45, 7) is 15.2. The third-order valence-corrected chi connectivity index (χ3v) is 14.5. The van der Waals surface area contributed by atoms with Crippen LogP contribution in [0.5, 0.6) is 17.2 Å². The smallest absolute Gasteiger partial charge is 0.305 e. The minimum absolute atomic E-state index is 0.101. The number of aliphatic hydroxyl groups is 8. The predicted molar refractivity (Wildman–Crippen MR) is 270 cm³/mol. The topological polar surface area (TPSA) is 364 Å². The quantitative estimate of drug-likeness (QED) is 0.0395. The number of ketones is 2. The Kier molecular flexibility index (Phi) is 23.5. The minimum atomic E-state index is -1.94. The van der Waals surface area contributed by atoms with Crippen molar-refractivity contribution in [1.82, 2.24) is 0 Å². The van der Waals surface area contributed by atoms with Crippen LogP contribution in [0.3, 0.4) is 0 Å². The molecule has 0 bridgehead atoms. The number of phenolic OH excluding ortho intramolecular Hbond substituents is 2. The highest BCUT2D eigenvalue weighted by atomic mass is 16.7. The van der Waals surface area contributed by atoms with E-state index in [1.54, 1.807) is 34.6 Å². The van der Waals surface area contributed by atoms with Crippen molar-refractivity contribution in [3.05, 3.63) is 28.8 Å². The molecule has 2 aliphatic heterocycles. The van der Waals surface area contributed by atoms with Crippen LogP contribution in [0.15, 0.2) is 12.1 Å². The number of carbonyl (C=O) groups excluding carboxylic acids is 3. The van der Waals surface area contributed by atoms with Crippen LogP contribution in [0.2, 0.25) is 0 Å². The molecule has 2 heterocycles. The zero-order valence-electron chi connectivity index (χ0n) is 46.2. The van der Waals surface area contributed by atoms with Crippen LogP contribution in [-0.4, -0.2) is 225 Å². The maximum Gasteiger partial charge on any atom is 0.305 e. The van der Waals surface area contributed by atoms with E-state index >= 15 is 0 Å². The Balaban J connectivity index is 1.30. The summed E-state index contributed by atoms with van der Waals surface area (Å²) in [6.07, 6.45) is -22.9. The Morgan fingerprint density at radius 2 is 1.46 bits per heavy atom. The fourth-order valence-electron chi connectivity index (χ4n) is 9.43. The van der Waals surface area contributed by atoms with E-state index in [2.05, 4.69) is 0 Å². The normalized spacial score (nSPS) is 29.8. The average molecular weight is 1120 g/mol. The van der Waals surface area contributed by atoms with Crippen LogP contribution < -0.4 is 4.74 Å². The number of esters is 1. The van der Waals surface area contributed by atoms with Crippen LogP contribution in [0.25, 0.3) is 10.8 Å². The molecule has 0 amide bonds. The lowest BCUT2D eigenvalue weighted by Crippen LogP contribution is -2.55. The highest BCUT2D eigenvalue weighted by Gasteiger charge is 2.52. The van der Waals surface area contributed by atoms with Gasteiger partial charge in [-0.1, -0.05) is 6.92 Å². The van der Waals surface area contributed by atoms with Gasteiger partial charge in [0.2, 0.25) is 0 Å². The van der Waals surface area contributed by atoms with E-state index < -0.39 is 164 Å². The SMILES string of the molecule is CCC(=O)OC[C@H](O)C(C)OC(C)OC[C@H](O)C(C)OCOc1cc2cc3c(c(O)c2c(O)c1C)C(=O)[C@@H](O[C@H]1CC(OC(C)OC(C)[C@H](O)COC2OC(C)[C@@H](O)C2(C)O)[C@H](O)C(C)O1)[C@H]([C@H](OC)C(=O)[C@@H](O)[C@@H](C)O)C3. The van der Waals surface area contributed by atoms with Gasteiger partial charge in [0.1, 0.15) is 78.3 Å². The first-order valence-electron chi connectivity index (χ1n) is 26.2. The van der Waals surface area contributed by atoms with Crippen molar-refractivity contribution in [2.45, 2.75) is 218 Å². The van der Waals surface area contributed by atoms with Crippen LogP contribution in [0.1, 0.15) is 104 Å². The number of hydrogen-bond acceptors (Lipinski definition) is 25. The molecular weight excluding hydrogens is 1040 g/mol. The zero-order valence-corrected chi connectivity index (χ0v) is 46.2. The third kappa shape index (κ3) is 15.6. The number of benzene rings is 2. The molecule has 25 heteroatoms. The predicted octanol–water partition coefficient (Wildman–Crippen LogP) is 0.676. The fraction of sp³-hybridized carbons (Fsp3) is 0.755. The van der Waals surface area contributed by atoms with Crippen molar-refractivity contribution < 1.29 is 122 Å². The van der Waals surface area contributed by atoms with E-state index in [9.17, 15) is 65.4 Å². The lowest BCUT2D eigenvalue weighted by atomic mass is 9.75. The molecule has 0 spiro atoms. The summed E-state index contributed by atoms with van der Waals surface area (Å²) >= 11 is 0. The van der Waals surface area contributed by atoms with Gasteiger partial charge in [-0.05, 0) is 98.7 Å². The van der Waals surface area contributed by atoms with Gasteiger partial charge in [0.25, 0.3) is 0 Å². The number of aliphatic hydroxyl groups excluding tert-OH is 7. The molecule has 1 aliphatic carbocycles. The van der Waals surface area contributed by atoms with Crippen molar-refractivity contribution >= 4 is 28.3 Å². The lowest BCUT2D eigenvalue weighted by molar-refractivity contribution is -0.294. The largest absolute Gasteiger partial charge is 0.507 e. The van der Waals surface area contributed by atoms with Gasteiger partial charge in [0.05, 0.1) is 66.9 Å². The standard InChI is InChI=1S/C53H82O25/c1-13-39(58)69-19-35(56)25(5)73-29(9)68-18-34(55)24(4)71-21-72-37-16-32-14-31-15-33(49(67-12)48(64)44(60)23(3)54)50(47(63)42(31)46(62)41(32)43(59)22(37)2)78-40-17-38(45(61)27(7)75-40)77-30(10)74-26(6)36(57)20-70-52-53(11,66)51(65)28(8)76-52/h14,16,23-30,33-36,38,40,44-45,49-52,54-57,59-62,65-66H,13,15,17-21H2,1-12H3/t23-,24?,25?,26?,27?,28?,29?,30?,33+,34+,35+,36-,38?,40+,44+,45-,49+,50+,51-,52?,53?/m1/s1. The Morgan fingerprint density at radius 3 is 2.06 bits per heavy atom. The molecule has 2 saturated heterocycles. The molecule has 0 saturated carbocycles. The van der Waals surface area contributed by atoms with Crippen LogP contribution in [0, 0.1) is 12.8 Å². The molecule has 10 unspecified atom stereocenters. The highest BCUT2D eigenvalue weighted by Crippen LogP contribution is 2.47. The molecule has 25 nitrogen and oxygen atoms in total. The molecular formula is C53H82O25. The molecule has 0 aromatic heterocycles. The zero-order chi connectivity index (χ0) is 58.2. The van der Waals surface area contributed by atoms with Crippen molar-refractivity contribution in [3.63, 3.8) is 0 Å². The van der Waals surface area contributed by atoms with Gasteiger partial charge in [-0.2, -0.15) is 0 Å². The van der Waals surface area contributed by atoms with Crippen LogP contribution in [-0.2, 0) is 68.1 Å². The number of hydrogen-bond donors (Lipinski definition) is 10. The van der Waals surface area contributed by atoms with E-state index in [1.807, 2.05) is 0 Å². The van der Waals surface area contributed by atoms with Crippen molar-refractivity contribution in [2.75, 3.05) is 33.7 Å². The first-order valence-corrected chi connectivity index (χ1v) is 26.2. The van der Waals surface area contributed by atoms with Crippen molar-refractivity contribution in [1.29, 1.82) is 0 Å². The number of Topliss-reactive ketones (excluding diaryl/α,β-unsaturated/α-hetero) is 2. The molecule has 3 aliphatic rings. The maximum atomic E-state index is 14.9. The van der Waals surface area contributed by atoms with Crippen molar-refractivity contribution in [2.24, 2.45) is 5.92 Å². The summed E-state index contributed by atoms with van der Waals surface area (Å²) in [4.78, 5) is 40.1. The second-order valence-electron chi connectivity index (χ2n) is 20.6. The lowest BCUT2D eigenvalue weighted by Gasteiger charge is -2.42. The van der Waals surface area contributed by atoms with Gasteiger partial charge >= 0.3 is 5.97 Å². The van der Waals surface area contributed by atoms with Gasteiger partial charge in [-0.25, -0.2) is 0 Å². The van der Waals surface area contributed by atoms with Gasteiger partial charge < -0.3 is 108 Å². The molecule has 2 fully saturated rings. The van der Waals surface area contributed by atoms with E-state index in [4.69, 9.17) is 56.8 Å². The number of phenols is 2. The van der Waals surface area contributed by atoms with Gasteiger partial charge in [0, 0.05) is 31.4 Å². The number of ether oxygens (including phenoxy) is 12. The van der Waals surface area contributed by atoms with E-state index in [0.29, 0.717) is 0 Å². The summed E-state index contributed by atoms with van der Waals surface area (Å²) in [5.41, 5.74) is -1.66. The van der Waals surface area contributed by atoms with Gasteiger partial charge in [-0.15, -0.1) is 0 Å². The summed E-state index contributed by atoms with van der Waals surface area (Å²) < 4.78 is 68.8. The Labute approximate surface area is 453 Å². The van der Waals surface area contributed by atoms with E-state index in [0.717, 1.165) is 0 Å². The summed E-state index contributed by atoms with van der Waals surface area (Å²) in [5.74, 6) is -4.51. The number of fused-ring (bicyclic) bond motifs is 2. The first kappa shape index (κ1) is 65.0. The monoisotopic (exact) mass is 1120 g/mol. The maximum absolute atomic E-state index is 14.9. The number of aromatic hydroxyl groups is 2. The molecule has 78 heavy (non-hydrogen) atoms. The molecule has 0 radical (unpaired) electrons. The van der Waals surface area contributed by atoms with E-state index in [-0.39, 0.29) is 72.3 Å². The Bertz CT molecular complexity index is 2290. The Hall–Kier alpha value is -3.81. The minimum Gasteiger partial charge on any atom is -0.507 e. The third-order valence-electron chi connectivity index (χ3n) is 14.5. The highest BCUT2D eigenvalue weighted by molar-refractivity contribution is 6.11. The second kappa shape index (κ2) is 28.3. The molecule has 2 aromatic carbocycles. The first-order chi connectivity index (χ1) is 36.5. The Morgan fingerprint density at radius 1 is 0.833 bits per heavy atom. The summed E-state index contributed by atoms with van der Waals surface area (Å²) in [6, 6.07) is 2.99. The van der Waals surface area contributed by atoms with E-state index in [1.165, 1.54) is 60.8 Å². The molecule has 5 rings (SSSR count). The summed E-state index contributed by atoms with van der Waals surface area (Å²) in [7, 11) is 1.17. The average Bonchev–Trinajstić information content (AvgIpc) is 3.73. The number of carbonyl (C=O) groups is 3. The fourth-order valence-corrected chi connectivity index (χ4v) is 9.43. The van der Waals surface area contributed by atoms with Gasteiger partial charge in [0.15, 0.2) is 43.5 Å². The second-order valence-corrected chi connectivity index (χ2v) is 20.6. The van der Waals surface area contributed by atoms with Crippen molar-refractivity contribution in [3.8, 4) is 17.2 Å².